The molecule has 1 atom stereocenters. The lowest BCUT2D eigenvalue weighted by Gasteiger charge is -2.32. The predicted molar refractivity (Wildman–Crippen MR) is 134 cm³/mol. The maximum atomic E-state index is 12.9. The minimum atomic E-state index is -0.0373. The first-order valence-corrected chi connectivity index (χ1v) is 12.1. The van der Waals surface area contributed by atoms with Crippen molar-refractivity contribution in [2.75, 3.05) is 43.4 Å². The molecule has 2 aliphatic heterocycles. The molecule has 2 fully saturated rings. The van der Waals surface area contributed by atoms with Crippen molar-refractivity contribution < 1.29 is 9.59 Å². The fourth-order valence-electron chi connectivity index (χ4n) is 4.88. The van der Waals surface area contributed by atoms with Crippen LogP contribution in [0.15, 0.2) is 42.5 Å². The summed E-state index contributed by atoms with van der Waals surface area (Å²) in [6, 6.07) is 14.4. The maximum Gasteiger partial charge on any atom is 0.321 e. The summed E-state index contributed by atoms with van der Waals surface area (Å²) in [4.78, 5) is 30.6. The molecule has 176 valence electrons. The molecule has 2 heterocycles. The number of aryl methyl sites for hydroxylation is 1. The molecule has 2 saturated heterocycles. The van der Waals surface area contributed by atoms with Crippen LogP contribution in [0, 0.1) is 6.92 Å². The number of piperidine rings is 1. The van der Waals surface area contributed by atoms with E-state index in [1.54, 1.807) is 6.92 Å². The minimum Gasteiger partial charge on any atom is -0.369 e. The number of nitrogens with zero attached hydrogens (tertiary/aromatic N) is 3. The van der Waals surface area contributed by atoms with Crippen LogP contribution in [0.4, 0.5) is 16.2 Å². The number of amides is 3. The van der Waals surface area contributed by atoms with Crippen LogP contribution in [0.5, 0.6) is 0 Å². The smallest absolute Gasteiger partial charge is 0.321 e. The van der Waals surface area contributed by atoms with Crippen LogP contribution in [-0.4, -0.2) is 61.0 Å². The first kappa shape index (κ1) is 23.4. The largest absolute Gasteiger partial charge is 0.369 e. The monoisotopic (exact) mass is 468 g/mol. The maximum absolute atomic E-state index is 12.9. The van der Waals surface area contributed by atoms with Gasteiger partial charge in [-0.25, -0.2) is 4.79 Å². The second kappa shape index (κ2) is 10.0. The number of halogens is 1. The van der Waals surface area contributed by atoms with Crippen molar-refractivity contribution in [1.29, 1.82) is 0 Å². The SMILES string of the molecule is CC(=O)N(C)C1CCN(c2ccc(NC(=O)N3CCC(c4ccc(Cl)cc4)CC3)c(C)c2)C1. The number of likely N-dealkylation sites (N-methyl/N-ethyl adjacent to an activating group) is 1. The zero-order chi connectivity index (χ0) is 23.5. The third kappa shape index (κ3) is 5.44. The highest BCUT2D eigenvalue weighted by atomic mass is 35.5. The fraction of sp³-hybridized carbons (Fsp3) is 0.462. The molecule has 3 amide bonds. The van der Waals surface area contributed by atoms with E-state index in [0.29, 0.717) is 5.92 Å². The van der Waals surface area contributed by atoms with Gasteiger partial charge in [0.05, 0.1) is 6.04 Å². The molecular formula is C26H33ClN4O2. The Balaban J connectivity index is 1.32. The molecule has 7 heteroatoms. The number of urea groups is 1. The highest BCUT2D eigenvalue weighted by Gasteiger charge is 2.28. The van der Waals surface area contributed by atoms with Crippen molar-refractivity contribution in [1.82, 2.24) is 9.80 Å². The molecule has 2 aromatic rings. The Morgan fingerprint density at radius 1 is 1.03 bits per heavy atom. The second-order valence-electron chi connectivity index (χ2n) is 9.26. The van der Waals surface area contributed by atoms with Gasteiger partial charge in [0.1, 0.15) is 0 Å². The van der Waals surface area contributed by atoms with Crippen molar-refractivity contribution in [2.45, 2.75) is 45.1 Å². The summed E-state index contributed by atoms with van der Waals surface area (Å²) in [6.45, 7) is 6.90. The molecule has 0 aliphatic carbocycles. The van der Waals surface area contributed by atoms with E-state index in [1.165, 1.54) is 5.56 Å². The molecule has 2 aromatic carbocycles. The molecule has 2 aliphatic rings. The Labute approximate surface area is 201 Å². The Hall–Kier alpha value is -2.73. The van der Waals surface area contributed by atoms with Gasteiger partial charge < -0.3 is 20.0 Å². The predicted octanol–water partition coefficient (Wildman–Crippen LogP) is 5.12. The van der Waals surface area contributed by atoms with Crippen LogP contribution in [0.25, 0.3) is 0 Å². The summed E-state index contributed by atoms with van der Waals surface area (Å²) in [5.74, 6) is 0.576. The number of carbonyl (C=O) groups excluding carboxylic acids is 2. The van der Waals surface area contributed by atoms with Gasteiger partial charge in [-0.15, -0.1) is 0 Å². The summed E-state index contributed by atoms with van der Waals surface area (Å²) in [5, 5.41) is 3.85. The van der Waals surface area contributed by atoms with Crippen molar-refractivity contribution in [3.63, 3.8) is 0 Å². The first-order valence-electron chi connectivity index (χ1n) is 11.7. The van der Waals surface area contributed by atoms with Gasteiger partial charge in [0.2, 0.25) is 5.91 Å². The molecule has 0 saturated carbocycles. The van der Waals surface area contributed by atoms with Gasteiger partial charge >= 0.3 is 6.03 Å². The molecule has 33 heavy (non-hydrogen) atoms. The van der Waals surface area contributed by atoms with E-state index >= 15 is 0 Å². The van der Waals surface area contributed by atoms with Crippen LogP contribution < -0.4 is 10.2 Å². The number of hydrogen-bond acceptors (Lipinski definition) is 3. The fourth-order valence-corrected chi connectivity index (χ4v) is 5.01. The lowest BCUT2D eigenvalue weighted by atomic mass is 9.89. The quantitative estimate of drug-likeness (QED) is 0.677. The van der Waals surface area contributed by atoms with Gasteiger partial charge in [-0.1, -0.05) is 23.7 Å². The lowest BCUT2D eigenvalue weighted by molar-refractivity contribution is -0.129. The average Bonchev–Trinajstić information content (AvgIpc) is 3.30. The van der Waals surface area contributed by atoms with E-state index in [0.717, 1.165) is 67.4 Å². The summed E-state index contributed by atoms with van der Waals surface area (Å²) in [5.41, 5.74) is 4.32. The minimum absolute atomic E-state index is 0.0373. The van der Waals surface area contributed by atoms with E-state index in [1.807, 2.05) is 42.0 Å². The molecule has 0 aromatic heterocycles. The van der Waals surface area contributed by atoms with E-state index in [4.69, 9.17) is 11.6 Å². The number of anilines is 2. The number of likely N-dealkylation sites (tertiary alicyclic amines) is 1. The molecule has 1 unspecified atom stereocenters. The Bertz CT molecular complexity index is 1000. The Morgan fingerprint density at radius 2 is 1.73 bits per heavy atom. The molecule has 6 nitrogen and oxygen atoms in total. The molecule has 1 N–H and O–H groups in total. The second-order valence-corrected chi connectivity index (χ2v) is 9.70. The Morgan fingerprint density at radius 3 is 2.36 bits per heavy atom. The van der Waals surface area contributed by atoms with Crippen LogP contribution >= 0.6 is 11.6 Å². The third-order valence-corrected chi connectivity index (χ3v) is 7.40. The molecule has 0 spiro atoms. The van der Waals surface area contributed by atoms with Gasteiger partial charge in [0, 0.05) is 56.5 Å². The molecular weight excluding hydrogens is 436 g/mol. The van der Waals surface area contributed by atoms with Crippen LogP contribution in [0.2, 0.25) is 5.02 Å². The van der Waals surface area contributed by atoms with E-state index in [-0.39, 0.29) is 18.0 Å². The lowest BCUT2D eigenvalue weighted by Crippen LogP contribution is -2.40. The summed E-state index contributed by atoms with van der Waals surface area (Å²) < 4.78 is 0. The summed E-state index contributed by atoms with van der Waals surface area (Å²) in [7, 11) is 1.87. The number of benzene rings is 2. The highest BCUT2D eigenvalue weighted by molar-refractivity contribution is 6.30. The number of carbonyl (C=O) groups is 2. The number of nitrogens with one attached hydrogen (secondary N) is 1. The van der Waals surface area contributed by atoms with Crippen molar-refractivity contribution in [3.8, 4) is 0 Å². The van der Waals surface area contributed by atoms with Crippen LogP contribution in [0.1, 0.15) is 43.2 Å². The van der Waals surface area contributed by atoms with Crippen LogP contribution in [-0.2, 0) is 4.79 Å². The van der Waals surface area contributed by atoms with E-state index in [9.17, 15) is 9.59 Å². The normalized spacial score (nSPS) is 19.0. The Kier molecular flexibility index (Phi) is 7.13. The molecule has 4 rings (SSSR count). The summed E-state index contributed by atoms with van der Waals surface area (Å²) >= 11 is 6.00. The van der Waals surface area contributed by atoms with Gasteiger partial charge in [-0.3, -0.25) is 4.79 Å². The summed E-state index contributed by atoms with van der Waals surface area (Å²) in [6.07, 6.45) is 2.88. The average molecular weight is 469 g/mol. The topological polar surface area (TPSA) is 55.9 Å². The van der Waals surface area contributed by atoms with Crippen molar-refractivity contribution in [2.24, 2.45) is 0 Å². The van der Waals surface area contributed by atoms with E-state index in [2.05, 4.69) is 34.5 Å². The molecule has 0 bridgehead atoms. The third-order valence-electron chi connectivity index (χ3n) is 7.15. The van der Waals surface area contributed by atoms with Gasteiger partial charge in [0.15, 0.2) is 0 Å². The van der Waals surface area contributed by atoms with Crippen molar-refractivity contribution in [3.05, 3.63) is 58.6 Å². The number of rotatable bonds is 4. The van der Waals surface area contributed by atoms with Crippen LogP contribution in [0.3, 0.4) is 0 Å². The van der Waals surface area contributed by atoms with Gasteiger partial charge in [0.25, 0.3) is 0 Å². The first-order chi connectivity index (χ1) is 15.8. The number of hydrogen-bond donors (Lipinski definition) is 1. The zero-order valence-electron chi connectivity index (χ0n) is 19.7. The molecule has 0 radical (unpaired) electrons. The zero-order valence-corrected chi connectivity index (χ0v) is 20.4. The van der Waals surface area contributed by atoms with Crippen molar-refractivity contribution >= 4 is 34.9 Å². The van der Waals surface area contributed by atoms with E-state index < -0.39 is 0 Å². The van der Waals surface area contributed by atoms with Gasteiger partial charge in [-0.05, 0) is 73.6 Å². The van der Waals surface area contributed by atoms with Gasteiger partial charge in [-0.2, -0.15) is 0 Å². The standard InChI is InChI=1S/C26H33ClN4O2/c1-18-16-23(31-15-12-24(17-31)29(3)19(2)32)8-9-25(18)28-26(33)30-13-10-21(11-14-30)20-4-6-22(27)7-5-20/h4-9,16,21,24H,10-15,17H2,1-3H3,(H,28,33). The highest BCUT2D eigenvalue weighted by Crippen LogP contribution is 2.30.